The molecule has 0 aliphatic carbocycles. The summed E-state index contributed by atoms with van der Waals surface area (Å²) in [6, 6.07) is 5.68. The van der Waals surface area contributed by atoms with Crippen LogP contribution in [0.3, 0.4) is 0 Å². The van der Waals surface area contributed by atoms with E-state index in [1.165, 1.54) is 5.56 Å². The van der Waals surface area contributed by atoms with Crippen molar-refractivity contribution in [3.8, 4) is 5.75 Å². The summed E-state index contributed by atoms with van der Waals surface area (Å²) < 4.78 is 18.0. The Bertz CT molecular complexity index is 313. The number of fused-ring (bicyclic) bond motifs is 1. The average molecular weight is 195 g/mol. The Morgan fingerprint density at radius 1 is 1.57 bits per heavy atom. The molecule has 0 radical (unpaired) electrons. The summed E-state index contributed by atoms with van der Waals surface area (Å²) >= 11 is 0. The number of hydrogen-bond donors (Lipinski definition) is 1. The monoisotopic (exact) mass is 195 g/mol. The van der Waals surface area contributed by atoms with Gasteiger partial charge in [-0.05, 0) is 24.6 Å². The van der Waals surface area contributed by atoms with Crippen molar-refractivity contribution in [1.82, 2.24) is 5.32 Å². The molecule has 1 heterocycles. The van der Waals surface area contributed by atoms with Gasteiger partial charge in [-0.2, -0.15) is 0 Å². The summed E-state index contributed by atoms with van der Waals surface area (Å²) in [6.45, 7) is 0.460. The zero-order chi connectivity index (χ0) is 9.97. The van der Waals surface area contributed by atoms with Crippen LogP contribution in [0.15, 0.2) is 18.2 Å². The largest absolute Gasteiger partial charge is 0.496 e. The van der Waals surface area contributed by atoms with Gasteiger partial charge >= 0.3 is 0 Å². The maximum absolute atomic E-state index is 12.8. The molecule has 0 aromatic heterocycles. The SMILES string of the molecule is COc1cccc2c1C(CF)NCC2. The molecule has 1 aliphatic rings. The third-order valence-electron chi connectivity index (χ3n) is 2.66. The lowest BCUT2D eigenvalue weighted by atomic mass is 9.94. The van der Waals surface area contributed by atoms with Crippen molar-refractivity contribution in [1.29, 1.82) is 0 Å². The zero-order valence-corrected chi connectivity index (χ0v) is 8.22. The second-order valence-corrected chi connectivity index (χ2v) is 3.44. The standard InChI is InChI=1S/C11H14FNO/c1-14-10-4-2-3-8-5-6-13-9(7-12)11(8)10/h2-4,9,13H,5-7H2,1H3. The van der Waals surface area contributed by atoms with E-state index in [1.807, 2.05) is 18.2 Å². The minimum atomic E-state index is -0.382. The van der Waals surface area contributed by atoms with Gasteiger partial charge in [0.15, 0.2) is 0 Å². The number of ether oxygens (including phenoxy) is 1. The highest BCUT2D eigenvalue weighted by molar-refractivity contribution is 5.44. The maximum atomic E-state index is 12.8. The molecular formula is C11H14FNO. The lowest BCUT2D eigenvalue weighted by Gasteiger charge is -2.26. The summed E-state index contributed by atoms with van der Waals surface area (Å²) in [6.07, 6.45) is 0.947. The van der Waals surface area contributed by atoms with E-state index in [0.29, 0.717) is 0 Å². The lowest BCUT2D eigenvalue weighted by molar-refractivity contribution is 0.348. The van der Waals surface area contributed by atoms with E-state index in [1.54, 1.807) is 7.11 Å². The van der Waals surface area contributed by atoms with Crippen molar-refractivity contribution in [2.75, 3.05) is 20.3 Å². The van der Waals surface area contributed by atoms with Crippen LogP contribution in [0.2, 0.25) is 0 Å². The molecule has 0 saturated carbocycles. The second-order valence-electron chi connectivity index (χ2n) is 3.44. The summed E-state index contributed by atoms with van der Waals surface area (Å²) in [5.74, 6) is 0.789. The van der Waals surface area contributed by atoms with Gasteiger partial charge < -0.3 is 10.1 Å². The fourth-order valence-corrected chi connectivity index (χ4v) is 2.00. The summed E-state index contributed by atoms with van der Waals surface area (Å²) in [5, 5.41) is 3.14. The van der Waals surface area contributed by atoms with Crippen LogP contribution < -0.4 is 10.1 Å². The van der Waals surface area contributed by atoms with E-state index in [4.69, 9.17) is 4.74 Å². The van der Waals surface area contributed by atoms with Gasteiger partial charge in [0.05, 0.1) is 13.2 Å². The fourth-order valence-electron chi connectivity index (χ4n) is 2.00. The molecule has 1 aromatic rings. The molecule has 1 N–H and O–H groups in total. The van der Waals surface area contributed by atoms with Gasteiger partial charge in [0.25, 0.3) is 0 Å². The molecule has 1 unspecified atom stereocenters. The first-order valence-electron chi connectivity index (χ1n) is 4.82. The Kier molecular flexibility index (Phi) is 2.68. The Balaban J connectivity index is 2.46. The number of benzene rings is 1. The van der Waals surface area contributed by atoms with E-state index in [-0.39, 0.29) is 12.7 Å². The molecule has 76 valence electrons. The van der Waals surface area contributed by atoms with Gasteiger partial charge in [-0.3, -0.25) is 0 Å². The van der Waals surface area contributed by atoms with Crippen LogP contribution >= 0.6 is 0 Å². The number of halogens is 1. The molecule has 1 aromatic carbocycles. The lowest BCUT2D eigenvalue weighted by Crippen LogP contribution is -2.31. The van der Waals surface area contributed by atoms with Crippen LogP contribution in [0.4, 0.5) is 4.39 Å². The van der Waals surface area contributed by atoms with Crippen LogP contribution in [-0.2, 0) is 6.42 Å². The molecule has 0 fully saturated rings. The minimum absolute atomic E-state index is 0.199. The van der Waals surface area contributed by atoms with Crippen LogP contribution in [0.25, 0.3) is 0 Å². The van der Waals surface area contributed by atoms with Crippen LogP contribution in [-0.4, -0.2) is 20.3 Å². The Hall–Kier alpha value is -1.09. The topological polar surface area (TPSA) is 21.3 Å². The highest BCUT2D eigenvalue weighted by Crippen LogP contribution is 2.31. The number of methoxy groups -OCH3 is 1. The summed E-state index contributed by atoms with van der Waals surface area (Å²) in [4.78, 5) is 0. The zero-order valence-electron chi connectivity index (χ0n) is 8.22. The van der Waals surface area contributed by atoms with Crippen molar-refractivity contribution >= 4 is 0 Å². The first-order chi connectivity index (χ1) is 6.86. The average Bonchev–Trinajstić information content (AvgIpc) is 2.27. The van der Waals surface area contributed by atoms with Gasteiger partial charge in [-0.1, -0.05) is 12.1 Å². The molecule has 2 rings (SSSR count). The van der Waals surface area contributed by atoms with Crippen LogP contribution in [0, 0.1) is 0 Å². The smallest absolute Gasteiger partial charge is 0.124 e. The molecule has 0 spiro atoms. The van der Waals surface area contributed by atoms with Crippen LogP contribution in [0.1, 0.15) is 17.2 Å². The molecule has 14 heavy (non-hydrogen) atoms. The maximum Gasteiger partial charge on any atom is 0.124 e. The first-order valence-corrected chi connectivity index (χ1v) is 4.82. The Morgan fingerprint density at radius 2 is 2.43 bits per heavy atom. The van der Waals surface area contributed by atoms with Gasteiger partial charge in [-0.15, -0.1) is 0 Å². The first kappa shape index (κ1) is 9.46. The quantitative estimate of drug-likeness (QED) is 0.777. The van der Waals surface area contributed by atoms with Crippen molar-refractivity contribution in [3.05, 3.63) is 29.3 Å². The van der Waals surface area contributed by atoms with Crippen molar-refractivity contribution in [2.24, 2.45) is 0 Å². The van der Waals surface area contributed by atoms with E-state index in [9.17, 15) is 4.39 Å². The van der Waals surface area contributed by atoms with Crippen molar-refractivity contribution in [2.45, 2.75) is 12.5 Å². The van der Waals surface area contributed by atoms with E-state index in [0.717, 1.165) is 24.3 Å². The Morgan fingerprint density at radius 3 is 3.14 bits per heavy atom. The van der Waals surface area contributed by atoms with Crippen molar-refractivity contribution < 1.29 is 9.13 Å². The fraction of sp³-hybridized carbons (Fsp3) is 0.455. The normalized spacial score (nSPS) is 20.3. The molecule has 1 atom stereocenters. The third kappa shape index (κ3) is 1.48. The molecule has 0 saturated heterocycles. The molecule has 2 nitrogen and oxygen atoms in total. The molecule has 1 aliphatic heterocycles. The third-order valence-corrected chi connectivity index (χ3v) is 2.66. The van der Waals surface area contributed by atoms with Gasteiger partial charge in [0, 0.05) is 5.56 Å². The highest BCUT2D eigenvalue weighted by Gasteiger charge is 2.22. The van der Waals surface area contributed by atoms with Crippen LogP contribution in [0.5, 0.6) is 5.75 Å². The Labute approximate surface area is 83.1 Å². The molecule has 0 amide bonds. The van der Waals surface area contributed by atoms with E-state index in [2.05, 4.69) is 5.32 Å². The van der Waals surface area contributed by atoms with Gasteiger partial charge in [-0.25, -0.2) is 4.39 Å². The highest BCUT2D eigenvalue weighted by atomic mass is 19.1. The van der Waals surface area contributed by atoms with Gasteiger partial charge in [0.2, 0.25) is 0 Å². The number of hydrogen-bond acceptors (Lipinski definition) is 2. The van der Waals surface area contributed by atoms with Gasteiger partial charge in [0.1, 0.15) is 12.4 Å². The number of nitrogens with one attached hydrogen (secondary N) is 1. The van der Waals surface area contributed by atoms with E-state index >= 15 is 0 Å². The molecule has 0 bridgehead atoms. The summed E-state index contributed by atoms with van der Waals surface area (Å²) in [7, 11) is 1.62. The minimum Gasteiger partial charge on any atom is -0.496 e. The second kappa shape index (κ2) is 3.96. The predicted octanol–water partition coefficient (Wildman–Crippen LogP) is 1.85. The van der Waals surface area contributed by atoms with E-state index < -0.39 is 0 Å². The number of alkyl halides is 1. The summed E-state index contributed by atoms with van der Waals surface area (Å²) in [5.41, 5.74) is 2.19. The van der Waals surface area contributed by atoms with Crippen molar-refractivity contribution in [3.63, 3.8) is 0 Å². The predicted molar refractivity (Wildman–Crippen MR) is 53.4 cm³/mol. The molecule has 3 heteroatoms. The number of rotatable bonds is 2. The molecular weight excluding hydrogens is 181 g/mol.